The van der Waals surface area contributed by atoms with Gasteiger partial charge in [-0.25, -0.2) is 4.79 Å². The molecule has 0 aliphatic carbocycles. The maximum atomic E-state index is 11.8. The van der Waals surface area contributed by atoms with Crippen molar-refractivity contribution in [3.05, 3.63) is 22.4 Å². The SMILES string of the molecule is CC(C)(C)CCC(NC(=O)Cc1cccs1)C(=O)O. The van der Waals surface area contributed by atoms with Crippen LogP contribution in [-0.4, -0.2) is 23.0 Å². The second kappa shape index (κ2) is 6.70. The highest BCUT2D eigenvalue weighted by molar-refractivity contribution is 7.10. The average molecular weight is 283 g/mol. The highest BCUT2D eigenvalue weighted by Gasteiger charge is 2.22. The molecule has 0 saturated heterocycles. The van der Waals surface area contributed by atoms with Crippen LogP contribution in [0.5, 0.6) is 0 Å². The van der Waals surface area contributed by atoms with E-state index < -0.39 is 12.0 Å². The van der Waals surface area contributed by atoms with Crippen LogP contribution in [0.1, 0.15) is 38.5 Å². The van der Waals surface area contributed by atoms with Crippen LogP contribution >= 0.6 is 11.3 Å². The van der Waals surface area contributed by atoms with Crippen molar-refractivity contribution in [1.82, 2.24) is 5.32 Å². The molecular weight excluding hydrogens is 262 g/mol. The number of hydrogen-bond acceptors (Lipinski definition) is 3. The van der Waals surface area contributed by atoms with Gasteiger partial charge in [0.25, 0.3) is 0 Å². The van der Waals surface area contributed by atoms with Gasteiger partial charge in [0.15, 0.2) is 0 Å². The first kappa shape index (κ1) is 15.7. The van der Waals surface area contributed by atoms with E-state index in [1.807, 2.05) is 17.5 Å². The normalized spacial score (nSPS) is 13.0. The zero-order chi connectivity index (χ0) is 14.5. The van der Waals surface area contributed by atoms with Crippen molar-refractivity contribution in [3.8, 4) is 0 Å². The summed E-state index contributed by atoms with van der Waals surface area (Å²) in [7, 11) is 0. The monoisotopic (exact) mass is 283 g/mol. The number of amides is 1. The van der Waals surface area contributed by atoms with E-state index in [9.17, 15) is 9.59 Å². The van der Waals surface area contributed by atoms with E-state index in [1.54, 1.807) is 0 Å². The van der Waals surface area contributed by atoms with Crippen molar-refractivity contribution in [2.24, 2.45) is 5.41 Å². The second-order valence-electron chi connectivity index (χ2n) is 5.81. The predicted molar refractivity (Wildman–Crippen MR) is 76.3 cm³/mol. The van der Waals surface area contributed by atoms with Gasteiger partial charge < -0.3 is 10.4 Å². The van der Waals surface area contributed by atoms with Crippen LogP contribution in [0.25, 0.3) is 0 Å². The minimum Gasteiger partial charge on any atom is -0.480 e. The first-order chi connectivity index (χ1) is 8.78. The Morgan fingerprint density at radius 2 is 2.11 bits per heavy atom. The molecule has 106 valence electrons. The summed E-state index contributed by atoms with van der Waals surface area (Å²) in [4.78, 5) is 23.9. The third-order valence-corrected chi connectivity index (χ3v) is 3.61. The summed E-state index contributed by atoms with van der Waals surface area (Å²) in [5.74, 6) is -1.20. The molecule has 1 heterocycles. The lowest BCUT2D eigenvalue weighted by Crippen LogP contribution is -2.41. The molecule has 1 rings (SSSR count). The van der Waals surface area contributed by atoms with Crippen LogP contribution in [0.3, 0.4) is 0 Å². The smallest absolute Gasteiger partial charge is 0.326 e. The molecule has 0 aliphatic heterocycles. The second-order valence-corrected chi connectivity index (χ2v) is 6.85. The van der Waals surface area contributed by atoms with Gasteiger partial charge in [0.2, 0.25) is 5.91 Å². The Labute approximate surface area is 117 Å². The maximum absolute atomic E-state index is 11.8. The Balaban J connectivity index is 2.49. The van der Waals surface area contributed by atoms with Crippen molar-refractivity contribution in [1.29, 1.82) is 0 Å². The minimum atomic E-state index is -0.969. The van der Waals surface area contributed by atoms with Crippen LogP contribution in [0.4, 0.5) is 0 Å². The fourth-order valence-corrected chi connectivity index (χ4v) is 2.35. The topological polar surface area (TPSA) is 66.4 Å². The summed E-state index contributed by atoms with van der Waals surface area (Å²) < 4.78 is 0. The lowest BCUT2D eigenvalue weighted by molar-refractivity contribution is -0.142. The van der Waals surface area contributed by atoms with Gasteiger partial charge in [-0.3, -0.25) is 4.79 Å². The molecule has 0 fully saturated rings. The van der Waals surface area contributed by atoms with Crippen molar-refractivity contribution < 1.29 is 14.7 Å². The van der Waals surface area contributed by atoms with Crippen LogP contribution in [0, 0.1) is 5.41 Å². The molecule has 0 radical (unpaired) electrons. The average Bonchev–Trinajstić information content (AvgIpc) is 2.75. The molecule has 0 spiro atoms. The molecule has 5 heteroatoms. The summed E-state index contributed by atoms with van der Waals surface area (Å²) in [6.45, 7) is 6.16. The zero-order valence-corrected chi connectivity index (χ0v) is 12.4. The van der Waals surface area contributed by atoms with Gasteiger partial charge in [-0.15, -0.1) is 11.3 Å². The molecule has 0 aromatic carbocycles. The summed E-state index contributed by atoms with van der Waals surface area (Å²) >= 11 is 1.50. The predicted octanol–water partition coefficient (Wildman–Crippen LogP) is 2.69. The number of nitrogens with one attached hydrogen (secondary N) is 1. The molecule has 1 unspecified atom stereocenters. The molecular formula is C14H21NO3S. The largest absolute Gasteiger partial charge is 0.480 e. The number of carboxylic acid groups (broad SMARTS) is 1. The third-order valence-electron chi connectivity index (χ3n) is 2.73. The number of carbonyl (C=O) groups is 2. The number of carbonyl (C=O) groups excluding carboxylic acids is 1. The number of hydrogen-bond donors (Lipinski definition) is 2. The van der Waals surface area contributed by atoms with Gasteiger partial charge >= 0.3 is 5.97 Å². The number of thiophene rings is 1. The number of aliphatic carboxylic acids is 1. The highest BCUT2D eigenvalue weighted by atomic mass is 32.1. The van der Waals surface area contributed by atoms with E-state index in [-0.39, 0.29) is 17.7 Å². The van der Waals surface area contributed by atoms with E-state index in [0.717, 1.165) is 11.3 Å². The molecule has 2 N–H and O–H groups in total. The molecule has 1 aromatic heterocycles. The lowest BCUT2D eigenvalue weighted by Gasteiger charge is -2.21. The standard InChI is InChI=1S/C14H21NO3S/c1-14(2,3)7-6-11(13(17)18)15-12(16)9-10-5-4-8-19-10/h4-5,8,11H,6-7,9H2,1-3H3,(H,15,16)(H,17,18). The van der Waals surface area contributed by atoms with Crippen LogP contribution in [-0.2, 0) is 16.0 Å². The third kappa shape index (κ3) is 6.38. The van der Waals surface area contributed by atoms with Gasteiger partial charge in [-0.2, -0.15) is 0 Å². The summed E-state index contributed by atoms with van der Waals surface area (Å²) in [6.07, 6.45) is 1.45. The molecule has 0 bridgehead atoms. The highest BCUT2D eigenvalue weighted by Crippen LogP contribution is 2.21. The number of rotatable bonds is 6. The summed E-state index contributed by atoms with van der Waals surface area (Å²) in [5.41, 5.74) is 0.0617. The molecule has 19 heavy (non-hydrogen) atoms. The lowest BCUT2D eigenvalue weighted by atomic mass is 9.88. The van der Waals surface area contributed by atoms with E-state index in [4.69, 9.17) is 5.11 Å². The molecule has 1 amide bonds. The van der Waals surface area contributed by atoms with Crippen molar-refractivity contribution in [3.63, 3.8) is 0 Å². The van der Waals surface area contributed by atoms with E-state index in [1.165, 1.54) is 11.3 Å². The van der Waals surface area contributed by atoms with Crippen LogP contribution in [0.15, 0.2) is 17.5 Å². The van der Waals surface area contributed by atoms with Crippen molar-refractivity contribution in [2.45, 2.75) is 46.1 Å². The molecule has 1 atom stereocenters. The first-order valence-electron chi connectivity index (χ1n) is 6.32. The molecule has 1 aromatic rings. The Morgan fingerprint density at radius 3 is 2.58 bits per heavy atom. The minimum absolute atomic E-state index is 0.0617. The zero-order valence-electron chi connectivity index (χ0n) is 11.6. The van der Waals surface area contributed by atoms with Crippen LogP contribution in [0.2, 0.25) is 0 Å². The fraction of sp³-hybridized carbons (Fsp3) is 0.571. The Hall–Kier alpha value is -1.36. The molecule has 0 saturated carbocycles. The quantitative estimate of drug-likeness (QED) is 0.843. The Bertz CT molecular complexity index is 420. The maximum Gasteiger partial charge on any atom is 0.326 e. The summed E-state index contributed by atoms with van der Waals surface area (Å²) in [6, 6.07) is 2.95. The Morgan fingerprint density at radius 1 is 1.42 bits per heavy atom. The van der Waals surface area contributed by atoms with Gasteiger partial charge in [-0.05, 0) is 29.7 Å². The van der Waals surface area contributed by atoms with Gasteiger partial charge in [0.05, 0.1) is 6.42 Å². The van der Waals surface area contributed by atoms with E-state index >= 15 is 0 Å². The van der Waals surface area contributed by atoms with Crippen LogP contribution < -0.4 is 5.32 Å². The van der Waals surface area contributed by atoms with Gasteiger partial charge in [0, 0.05) is 4.88 Å². The van der Waals surface area contributed by atoms with Crippen molar-refractivity contribution >= 4 is 23.2 Å². The van der Waals surface area contributed by atoms with E-state index in [0.29, 0.717) is 6.42 Å². The summed E-state index contributed by atoms with van der Waals surface area (Å²) in [5, 5.41) is 13.6. The Kier molecular flexibility index (Phi) is 5.54. The van der Waals surface area contributed by atoms with Gasteiger partial charge in [-0.1, -0.05) is 26.8 Å². The van der Waals surface area contributed by atoms with Crippen molar-refractivity contribution in [2.75, 3.05) is 0 Å². The van der Waals surface area contributed by atoms with Gasteiger partial charge in [0.1, 0.15) is 6.04 Å². The fourth-order valence-electron chi connectivity index (χ4n) is 1.65. The van der Waals surface area contributed by atoms with E-state index in [2.05, 4.69) is 26.1 Å². The molecule has 0 aliphatic rings. The molecule has 4 nitrogen and oxygen atoms in total. The number of carboxylic acids is 1. The first-order valence-corrected chi connectivity index (χ1v) is 7.20.